The van der Waals surface area contributed by atoms with Crippen molar-refractivity contribution in [1.29, 1.82) is 0 Å². The highest BCUT2D eigenvalue weighted by molar-refractivity contribution is 7.92. The van der Waals surface area contributed by atoms with Gasteiger partial charge in [0.05, 0.1) is 11.0 Å². The maximum atomic E-state index is 12.2. The smallest absolute Gasteiger partial charge is 0.235 e. The van der Waals surface area contributed by atoms with Crippen LogP contribution in [0.4, 0.5) is 0 Å². The summed E-state index contributed by atoms with van der Waals surface area (Å²) < 4.78 is 30.0. The molecule has 0 heterocycles. The average molecular weight is 396 g/mol. The molecule has 0 saturated heterocycles. The average Bonchev–Trinajstić information content (AvgIpc) is 2.62. The molecule has 2 aromatic rings. The van der Waals surface area contributed by atoms with Gasteiger partial charge in [-0.2, -0.15) is 0 Å². The monoisotopic (exact) mass is 395 g/mol. The van der Waals surface area contributed by atoms with Crippen molar-refractivity contribution in [2.75, 3.05) is 18.9 Å². The third-order valence-corrected chi connectivity index (χ3v) is 5.66. The number of rotatable bonds is 9. The summed E-state index contributed by atoms with van der Waals surface area (Å²) in [6.45, 7) is 2.80. The van der Waals surface area contributed by atoms with Crippen LogP contribution in [0.25, 0.3) is 0 Å². The highest BCUT2D eigenvalue weighted by Gasteiger charge is 2.18. The first kappa shape index (κ1) is 20.4. The molecule has 7 heteroatoms. The van der Waals surface area contributed by atoms with E-state index in [1.807, 2.05) is 37.3 Å². The van der Waals surface area contributed by atoms with Gasteiger partial charge >= 0.3 is 0 Å². The number of hydrogen-bond donors (Lipinski definition) is 1. The highest BCUT2D eigenvalue weighted by Crippen LogP contribution is 2.16. The molecule has 2 aromatic carbocycles. The van der Waals surface area contributed by atoms with Crippen molar-refractivity contribution >= 4 is 27.3 Å². The van der Waals surface area contributed by atoms with E-state index in [1.54, 1.807) is 0 Å². The third-order valence-electron chi connectivity index (χ3n) is 3.77. The van der Waals surface area contributed by atoms with Crippen LogP contribution in [0.2, 0.25) is 5.02 Å². The summed E-state index contributed by atoms with van der Waals surface area (Å²) in [4.78, 5) is 11.9. The first-order valence-electron chi connectivity index (χ1n) is 8.30. The van der Waals surface area contributed by atoms with Gasteiger partial charge in [0.2, 0.25) is 5.91 Å². The molecule has 5 nitrogen and oxygen atoms in total. The van der Waals surface area contributed by atoms with E-state index >= 15 is 0 Å². The molecule has 0 aliphatic heterocycles. The lowest BCUT2D eigenvalue weighted by molar-refractivity contribution is -0.118. The summed E-state index contributed by atoms with van der Waals surface area (Å²) in [6, 6.07) is 15.6. The van der Waals surface area contributed by atoms with Crippen molar-refractivity contribution in [2.24, 2.45) is 0 Å². The minimum Gasteiger partial charge on any atom is -0.374 e. The number of ether oxygens (including phenoxy) is 1. The van der Waals surface area contributed by atoms with Crippen molar-refractivity contribution in [1.82, 2.24) is 5.32 Å². The molecule has 1 amide bonds. The fraction of sp³-hybridized carbons (Fsp3) is 0.316. The SMILES string of the molecule is CC(OCCCNC(=O)CS(=O)(=O)c1ccc(Cl)cc1)c1ccccc1. The summed E-state index contributed by atoms with van der Waals surface area (Å²) in [5.41, 5.74) is 1.09. The van der Waals surface area contributed by atoms with Crippen LogP contribution < -0.4 is 5.32 Å². The number of halogens is 1. The standard InChI is InChI=1S/C19H22ClNO4S/c1-15(16-6-3-2-4-7-16)25-13-5-12-21-19(22)14-26(23,24)18-10-8-17(20)9-11-18/h2-4,6-11,15H,5,12-14H2,1H3,(H,21,22). The molecule has 0 radical (unpaired) electrons. The van der Waals surface area contributed by atoms with Gasteiger partial charge in [0.1, 0.15) is 5.75 Å². The van der Waals surface area contributed by atoms with E-state index in [2.05, 4.69) is 5.32 Å². The number of hydrogen-bond acceptors (Lipinski definition) is 4. The predicted molar refractivity (Wildman–Crippen MR) is 102 cm³/mol. The molecule has 140 valence electrons. The van der Waals surface area contributed by atoms with Crippen LogP contribution in [0.15, 0.2) is 59.5 Å². The molecule has 1 unspecified atom stereocenters. The minimum absolute atomic E-state index is 0.0304. The van der Waals surface area contributed by atoms with Crippen LogP contribution in [-0.4, -0.2) is 33.2 Å². The number of nitrogens with one attached hydrogen (secondary N) is 1. The Morgan fingerprint density at radius 1 is 1.12 bits per heavy atom. The van der Waals surface area contributed by atoms with Gasteiger partial charge in [-0.15, -0.1) is 0 Å². The summed E-state index contributed by atoms with van der Waals surface area (Å²) in [7, 11) is -3.67. The van der Waals surface area contributed by atoms with Crippen LogP contribution in [-0.2, 0) is 19.4 Å². The molecule has 0 saturated carbocycles. The second kappa shape index (κ2) is 9.71. The Morgan fingerprint density at radius 2 is 1.77 bits per heavy atom. The first-order chi connectivity index (χ1) is 12.4. The molecule has 0 spiro atoms. The Kier molecular flexibility index (Phi) is 7.63. The fourth-order valence-electron chi connectivity index (χ4n) is 2.33. The van der Waals surface area contributed by atoms with E-state index in [1.165, 1.54) is 24.3 Å². The zero-order valence-electron chi connectivity index (χ0n) is 14.5. The predicted octanol–water partition coefficient (Wildman–Crippen LogP) is 3.40. The zero-order chi connectivity index (χ0) is 19.0. The number of sulfone groups is 1. The Hall–Kier alpha value is -1.89. The van der Waals surface area contributed by atoms with Gasteiger partial charge in [0.15, 0.2) is 9.84 Å². The first-order valence-corrected chi connectivity index (χ1v) is 10.3. The molecule has 0 aliphatic carbocycles. The van der Waals surface area contributed by atoms with E-state index in [4.69, 9.17) is 16.3 Å². The van der Waals surface area contributed by atoms with Crippen LogP contribution in [0, 0.1) is 0 Å². The Morgan fingerprint density at radius 3 is 2.42 bits per heavy atom. The third kappa shape index (κ3) is 6.44. The van der Waals surface area contributed by atoms with Gasteiger partial charge in [0, 0.05) is 18.2 Å². The van der Waals surface area contributed by atoms with Crippen molar-refractivity contribution in [3.05, 3.63) is 65.2 Å². The molecule has 1 atom stereocenters. The summed E-state index contributed by atoms with van der Waals surface area (Å²) >= 11 is 5.74. The molecule has 2 rings (SSSR count). The Balaban J connectivity index is 1.69. The van der Waals surface area contributed by atoms with Gasteiger partial charge in [-0.3, -0.25) is 4.79 Å². The lowest BCUT2D eigenvalue weighted by Crippen LogP contribution is -2.31. The van der Waals surface area contributed by atoms with Crippen molar-refractivity contribution in [3.8, 4) is 0 Å². The second-order valence-electron chi connectivity index (χ2n) is 5.84. The van der Waals surface area contributed by atoms with Gasteiger partial charge in [-0.1, -0.05) is 41.9 Å². The molecule has 0 aromatic heterocycles. The van der Waals surface area contributed by atoms with Crippen LogP contribution in [0.3, 0.4) is 0 Å². The Labute approximate surface area is 159 Å². The molecular formula is C19H22ClNO4S. The summed E-state index contributed by atoms with van der Waals surface area (Å²) in [5.74, 6) is -1.12. The summed E-state index contributed by atoms with van der Waals surface area (Å²) in [6.07, 6.45) is 0.571. The lowest BCUT2D eigenvalue weighted by atomic mass is 10.1. The van der Waals surface area contributed by atoms with E-state index in [9.17, 15) is 13.2 Å². The normalized spacial score (nSPS) is 12.5. The van der Waals surface area contributed by atoms with E-state index in [-0.39, 0.29) is 11.0 Å². The molecule has 1 N–H and O–H groups in total. The number of carbonyl (C=O) groups excluding carboxylic acids is 1. The largest absolute Gasteiger partial charge is 0.374 e. The van der Waals surface area contributed by atoms with E-state index in [0.717, 1.165) is 5.56 Å². The molecular weight excluding hydrogens is 374 g/mol. The van der Waals surface area contributed by atoms with Crippen LogP contribution >= 0.6 is 11.6 Å². The topological polar surface area (TPSA) is 72.5 Å². The fourth-order valence-corrected chi connectivity index (χ4v) is 3.62. The van der Waals surface area contributed by atoms with Crippen molar-refractivity contribution < 1.29 is 17.9 Å². The van der Waals surface area contributed by atoms with Gasteiger partial charge < -0.3 is 10.1 Å². The van der Waals surface area contributed by atoms with E-state index < -0.39 is 21.5 Å². The minimum atomic E-state index is -3.67. The number of carbonyl (C=O) groups is 1. The van der Waals surface area contributed by atoms with E-state index in [0.29, 0.717) is 24.6 Å². The van der Waals surface area contributed by atoms with Gasteiger partial charge in [-0.25, -0.2) is 8.42 Å². The maximum Gasteiger partial charge on any atom is 0.235 e. The lowest BCUT2D eigenvalue weighted by Gasteiger charge is -2.13. The second-order valence-corrected chi connectivity index (χ2v) is 8.27. The zero-order valence-corrected chi connectivity index (χ0v) is 16.1. The van der Waals surface area contributed by atoms with Crippen LogP contribution in [0.1, 0.15) is 25.0 Å². The van der Waals surface area contributed by atoms with Crippen molar-refractivity contribution in [2.45, 2.75) is 24.3 Å². The van der Waals surface area contributed by atoms with Gasteiger partial charge in [-0.05, 0) is 43.2 Å². The highest BCUT2D eigenvalue weighted by atomic mass is 35.5. The Bertz CT molecular complexity index is 807. The molecule has 0 fully saturated rings. The quantitative estimate of drug-likeness (QED) is 0.660. The van der Waals surface area contributed by atoms with Crippen LogP contribution in [0.5, 0.6) is 0 Å². The van der Waals surface area contributed by atoms with Crippen molar-refractivity contribution in [3.63, 3.8) is 0 Å². The molecule has 26 heavy (non-hydrogen) atoms. The molecule has 0 aliphatic rings. The number of benzene rings is 2. The molecule has 0 bridgehead atoms. The maximum absolute atomic E-state index is 12.2. The summed E-state index contributed by atoms with van der Waals surface area (Å²) in [5, 5.41) is 3.05. The van der Waals surface area contributed by atoms with Gasteiger partial charge in [0.25, 0.3) is 0 Å². The number of amides is 1.